The lowest BCUT2D eigenvalue weighted by atomic mass is 10.3. The molecule has 5 heteroatoms. The second-order valence-electron chi connectivity index (χ2n) is 3.68. The predicted octanol–water partition coefficient (Wildman–Crippen LogP) is 2.48. The first-order chi connectivity index (χ1) is 8.25. The van der Waals surface area contributed by atoms with Gasteiger partial charge in [0.15, 0.2) is 0 Å². The van der Waals surface area contributed by atoms with Crippen LogP contribution in [0.15, 0.2) is 41.3 Å². The van der Waals surface area contributed by atoms with Crippen LogP contribution >= 0.6 is 15.9 Å². The molecule has 2 rings (SSSR count). The fraction of sp³-hybridized carbons (Fsp3) is 0.250. The second-order valence-corrected chi connectivity index (χ2v) is 4.59. The highest BCUT2D eigenvalue weighted by molar-refractivity contribution is 9.10. The van der Waals surface area contributed by atoms with E-state index in [4.69, 9.17) is 0 Å². The van der Waals surface area contributed by atoms with E-state index < -0.39 is 0 Å². The minimum Gasteiger partial charge on any atom is -0.302 e. The van der Waals surface area contributed by atoms with Gasteiger partial charge in [0, 0.05) is 29.6 Å². The Morgan fingerprint density at radius 2 is 2.00 bits per heavy atom. The Morgan fingerprint density at radius 1 is 1.24 bits per heavy atom. The number of pyridine rings is 1. The van der Waals surface area contributed by atoms with Crippen LogP contribution in [0.3, 0.4) is 0 Å². The monoisotopic (exact) mass is 292 g/mol. The Kier molecular flexibility index (Phi) is 4.17. The summed E-state index contributed by atoms with van der Waals surface area (Å²) in [4.78, 5) is 12.7. The maximum Gasteiger partial charge on any atom is 0.144 e. The molecular formula is C12H13BrN4. The zero-order valence-corrected chi connectivity index (χ0v) is 11.1. The summed E-state index contributed by atoms with van der Waals surface area (Å²) in [5, 5.41) is 3.33. The molecule has 0 saturated heterocycles. The zero-order chi connectivity index (χ0) is 12.1. The van der Waals surface area contributed by atoms with Gasteiger partial charge in [0.1, 0.15) is 5.82 Å². The van der Waals surface area contributed by atoms with E-state index in [1.54, 1.807) is 18.6 Å². The molecule has 2 heterocycles. The molecule has 17 heavy (non-hydrogen) atoms. The van der Waals surface area contributed by atoms with Gasteiger partial charge in [0.25, 0.3) is 0 Å². The van der Waals surface area contributed by atoms with Gasteiger partial charge in [0.2, 0.25) is 0 Å². The Morgan fingerprint density at radius 3 is 2.65 bits per heavy atom. The van der Waals surface area contributed by atoms with Gasteiger partial charge in [-0.15, -0.1) is 0 Å². The minimum atomic E-state index is 0.113. The van der Waals surface area contributed by atoms with Crippen LogP contribution in [0.5, 0.6) is 0 Å². The molecule has 1 atom stereocenters. The van der Waals surface area contributed by atoms with Crippen LogP contribution in [0.25, 0.3) is 0 Å². The molecule has 2 aromatic heterocycles. The number of nitrogens with zero attached hydrogens (tertiary/aromatic N) is 3. The lowest BCUT2D eigenvalue weighted by Gasteiger charge is -2.11. The number of halogens is 1. The van der Waals surface area contributed by atoms with Gasteiger partial charge in [-0.2, -0.15) is 0 Å². The van der Waals surface area contributed by atoms with E-state index in [1.807, 2.05) is 25.1 Å². The number of hydrogen-bond donors (Lipinski definition) is 1. The summed E-state index contributed by atoms with van der Waals surface area (Å²) in [6, 6.07) is 5.89. The molecule has 0 aromatic carbocycles. The maximum atomic E-state index is 4.29. The number of hydrogen-bond acceptors (Lipinski definition) is 4. The Hall–Kier alpha value is -1.33. The smallest absolute Gasteiger partial charge is 0.144 e. The number of aromatic nitrogens is 3. The van der Waals surface area contributed by atoms with Gasteiger partial charge >= 0.3 is 0 Å². The molecule has 0 aliphatic heterocycles. The van der Waals surface area contributed by atoms with E-state index in [-0.39, 0.29) is 6.04 Å². The molecule has 0 saturated carbocycles. The van der Waals surface area contributed by atoms with Crippen molar-refractivity contribution in [2.75, 3.05) is 0 Å². The molecule has 0 radical (unpaired) electrons. The van der Waals surface area contributed by atoms with Gasteiger partial charge in [-0.3, -0.25) is 4.98 Å². The second kappa shape index (κ2) is 5.84. The lowest BCUT2D eigenvalue weighted by Crippen LogP contribution is -2.20. The van der Waals surface area contributed by atoms with Gasteiger partial charge in [-0.25, -0.2) is 9.97 Å². The fourth-order valence-electron chi connectivity index (χ4n) is 1.39. The standard InChI is InChI=1S/C12H13BrN4/c1-9(12-14-5-2-6-15-12)16-8-11-4-3-10(13)7-17-11/h2-7,9,16H,8H2,1H3. The average molecular weight is 293 g/mol. The quantitative estimate of drug-likeness (QED) is 0.941. The van der Waals surface area contributed by atoms with Crippen molar-refractivity contribution in [3.05, 3.63) is 52.8 Å². The molecule has 4 nitrogen and oxygen atoms in total. The third kappa shape index (κ3) is 3.57. The normalized spacial score (nSPS) is 12.4. The van der Waals surface area contributed by atoms with Crippen molar-refractivity contribution in [1.29, 1.82) is 0 Å². The Labute approximate surface area is 109 Å². The highest BCUT2D eigenvalue weighted by Crippen LogP contribution is 2.09. The molecule has 0 spiro atoms. The first-order valence-corrected chi connectivity index (χ1v) is 6.16. The number of rotatable bonds is 4. The summed E-state index contributed by atoms with van der Waals surface area (Å²) in [5.41, 5.74) is 0.996. The molecular weight excluding hydrogens is 280 g/mol. The molecule has 0 amide bonds. The van der Waals surface area contributed by atoms with Crippen molar-refractivity contribution in [3.63, 3.8) is 0 Å². The van der Waals surface area contributed by atoms with Crippen molar-refractivity contribution in [2.24, 2.45) is 0 Å². The summed E-state index contributed by atoms with van der Waals surface area (Å²) in [7, 11) is 0. The van der Waals surface area contributed by atoms with Crippen LogP contribution in [0.2, 0.25) is 0 Å². The van der Waals surface area contributed by atoms with Crippen molar-refractivity contribution in [1.82, 2.24) is 20.3 Å². The third-order valence-electron chi connectivity index (χ3n) is 2.35. The Balaban J connectivity index is 1.92. The van der Waals surface area contributed by atoms with Crippen molar-refractivity contribution in [3.8, 4) is 0 Å². The van der Waals surface area contributed by atoms with Gasteiger partial charge in [0.05, 0.1) is 11.7 Å². The van der Waals surface area contributed by atoms with Crippen molar-refractivity contribution in [2.45, 2.75) is 19.5 Å². The predicted molar refractivity (Wildman–Crippen MR) is 69.2 cm³/mol. The third-order valence-corrected chi connectivity index (χ3v) is 2.82. The highest BCUT2D eigenvalue weighted by Gasteiger charge is 2.06. The van der Waals surface area contributed by atoms with E-state index in [1.165, 1.54) is 0 Å². The van der Waals surface area contributed by atoms with E-state index in [0.29, 0.717) is 6.54 Å². The molecule has 0 aliphatic rings. The molecule has 1 unspecified atom stereocenters. The summed E-state index contributed by atoms with van der Waals surface area (Å²) in [5.74, 6) is 0.796. The average Bonchev–Trinajstić information content (AvgIpc) is 2.39. The summed E-state index contributed by atoms with van der Waals surface area (Å²) in [6.45, 7) is 2.74. The SMILES string of the molecule is CC(NCc1ccc(Br)cn1)c1ncccn1. The van der Waals surface area contributed by atoms with Crippen LogP contribution in [0.1, 0.15) is 24.5 Å². The van der Waals surface area contributed by atoms with Crippen LogP contribution in [0.4, 0.5) is 0 Å². The molecule has 0 aliphatic carbocycles. The van der Waals surface area contributed by atoms with Gasteiger partial charge < -0.3 is 5.32 Å². The first-order valence-electron chi connectivity index (χ1n) is 5.36. The largest absolute Gasteiger partial charge is 0.302 e. The van der Waals surface area contributed by atoms with E-state index >= 15 is 0 Å². The van der Waals surface area contributed by atoms with Crippen molar-refractivity contribution >= 4 is 15.9 Å². The van der Waals surface area contributed by atoms with E-state index in [2.05, 4.69) is 36.2 Å². The van der Waals surface area contributed by atoms with Gasteiger partial charge in [-0.05, 0) is 41.1 Å². The van der Waals surface area contributed by atoms with Crippen LogP contribution in [0, 0.1) is 0 Å². The minimum absolute atomic E-state index is 0.113. The first kappa shape index (κ1) is 12.1. The summed E-state index contributed by atoms with van der Waals surface area (Å²) < 4.78 is 0.987. The topological polar surface area (TPSA) is 50.7 Å². The molecule has 2 aromatic rings. The molecule has 1 N–H and O–H groups in total. The van der Waals surface area contributed by atoms with E-state index in [0.717, 1.165) is 16.0 Å². The Bertz CT molecular complexity index is 458. The molecule has 0 bridgehead atoms. The number of nitrogens with one attached hydrogen (secondary N) is 1. The molecule has 88 valence electrons. The zero-order valence-electron chi connectivity index (χ0n) is 9.47. The highest BCUT2D eigenvalue weighted by atomic mass is 79.9. The lowest BCUT2D eigenvalue weighted by molar-refractivity contribution is 0.540. The van der Waals surface area contributed by atoms with Crippen LogP contribution < -0.4 is 5.32 Å². The molecule has 0 fully saturated rings. The van der Waals surface area contributed by atoms with Crippen LogP contribution in [-0.4, -0.2) is 15.0 Å². The maximum absolute atomic E-state index is 4.29. The van der Waals surface area contributed by atoms with Gasteiger partial charge in [-0.1, -0.05) is 0 Å². The fourth-order valence-corrected chi connectivity index (χ4v) is 1.63. The van der Waals surface area contributed by atoms with Crippen molar-refractivity contribution < 1.29 is 0 Å². The van der Waals surface area contributed by atoms with E-state index in [9.17, 15) is 0 Å². The summed E-state index contributed by atoms with van der Waals surface area (Å²) in [6.07, 6.45) is 5.29. The van der Waals surface area contributed by atoms with Crippen LogP contribution in [-0.2, 0) is 6.54 Å². The summed E-state index contributed by atoms with van der Waals surface area (Å²) >= 11 is 3.36.